The van der Waals surface area contributed by atoms with Crippen LogP contribution in [0.1, 0.15) is 5.56 Å². The molecule has 1 aromatic carbocycles. The molecule has 0 saturated heterocycles. The van der Waals surface area contributed by atoms with Crippen LogP contribution in [0.15, 0.2) is 30.3 Å². The van der Waals surface area contributed by atoms with Crippen molar-refractivity contribution in [2.45, 2.75) is 0 Å². The normalized spacial score (nSPS) is 7.56. The quantitative estimate of drug-likeness (QED) is 0.652. The van der Waals surface area contributed by atoms with Crippen LogP contribution in [0, 0.1) is 0 Å². The Hall–Kier alpha value is -0.240. The van der Waals surface area contributed by atoms with Gasteiger partial charge in [-0.1, -0.05) is 30.3 Å². The van der Waals surface area contributed by atoms with E-state index < -0.39 is 0 Å². The van der Waals surface area contributed by atoms with E-state index >= 15 is 0 Å². The van der Waals surface area contributed by atoms with Gasteiger partial charge < -0.3 is 0 Å². The van der Waals surface area contributed by atoms with Crippen LogP contribution in [0.25, 0.3) is 0 Å². The molecule has 0 amide bonds. The van der Waals surface area contributed by atoms with Gasteiger partial charge in [0.05, 0.1) is 0 Å². The van der Waals surface area contributed by atoms with Crippen LogP contribution in [0.2, 0.25) is 0 Å². The Labute approximate surface area is 72.9 Å². The summed E-state index contributed by atoms with van der Waals surface area (Å²) in [5, 5.41) is 0. The second kappa shape index (κ2) is 4.62. The number of carbonyl (C=O) groups excluding carboxylic acids is 1. The molecule has 0 aliphatic rings. The Balaban J connectivity index is 0.000000640. The average molecular weight is 223 g/mol. The van der Waals surface area contributed by atoms with Crippen molar-refractivity contribution in [3.63, 3.8) is 0 Å². The molecule has 1 nitrogen and oxygen atoms in total. The summed E-state index contributed by atoms with van der Waals surface area (Å²) in [7, 11) is 0. The van der Waals surface area contributed by atoms with Gasteiger partial charge in [-0.05, 0) is 0 Å². The van der Waals surface area contributed by atoms with Gasteiger partial charge >= 0.3 is 25.8 Å². The van der Waals surface area contributed by atoms with E-state index in [2.05, 4.69) is 0 Å². The molecule has 45 valence electrons. The van der Waals surface area contributed by atoms with Crippen molar-refractivity contribution in [1.82, 2.24) is 0 Å². The predicted molar refractivity (Wildman–Crippen MR) is 41.2 cm³/mol. The van der Waals surface area contributed by atoms with E-state index in [1.807, 2.05) is 6.07 Å². The van der Waals surface area contributed by atoms with Gasteiger partial charge in [-0.3, -0.25) is 4.79 Å². The summed E-state index contributed by atoms with van der Waals surface area (Å²) < 4.78 is 0. The third-order valence-electron chi connectivity index (χ3n) is 0.892. The number of rotatable bonds is 1. The second-order valence-electron chi connectivity index (χ2n) is 1.47. The van der Waals surface area contributed by atoms with Gasteiger partial charge in [0.25, 0.3) is 0 Å². The van der Waals surface area contributed by atoms with Crippen LogP contribution in [0.3, 0.4) is 0 Å². The number of hydrogen-bond donors (Lipinski definition) is 0. The summed E-state index contributed by atoms with van der Waals surface area (Å²) in [6.07, 6.45) is 1.78. The van der Waals surface area contributed by atoms with E-state index in [4.69, 9.17) is 0 Å². The number of hydrogen-bond acceptors (Lipinski definition) is 1. The topological polar surface area (TPSA) is 17.1 Å². The Morgan fingerprint density at radius 1 is 1.11 bits per heavy atom. The van der Waals surface area contributed by atoms with Gasteiger partial charge in [-0.15, -0.1) is 0 Å². The van der Waals surface area contributed by atoms with Crippen molar-refractivity contribution in [3.8, 4) is 0 Å². The first-order valence-electron chi connectivity index (χ1n) is 2.36. The van der Waals surface area contributed by atoms with Gasteiger partial charge in [-0.2, -0.15) is 0 Å². The van der Waals surface area contributed by atoms with E-state index in [-0.39, 0.29) is 25.8 Å². The van der Waals surface area contributed by atoms with Crippen molar-refractivity contribution < 1.29 is 4.79 Å². The minimum absolute atomic E-state index is 0. The monoisotopic (exact) mass is 223 g/mol. The van der Waals surface area contributed by atoms with E-state index in [1.165, 1.54) is 0 Å². The van der Waals surface area contributed by atoms with Crippen molar-refractivity contribution in [2.75, 3.05) is 0 Å². The van der Waals surface area contributed by atoms with Gasteiger partial charge in [0.2, 0.25) is 6.29 Å². The van der Waals surface area contributed by atoms with Gasteiger partial charge in [-0.25, -0.2) is 0 Å². The van der Waals surface area contributed by atoms with E-state index in [0.717, 1.165) is 0 Å². The first-order chi connectivity index (χ1) is 3.93. The zero-order valence-electron chi connectivity index (χ0n) is 4.29. The summed E-state index contributed by atoms with van der Waals surface area (Å²) in [4.78, 5) is 9.88. The van der Waals surface area contributed by atoms with Crippen molar-refractivity contribution in [2.24, 2.45) is 0 Å². The summed E-state index contributed by atoms with van der Waals surface area (Å²) >= 11 is 0. The molecular weight excluding hydrogens is 215 g/mol. The molecule has 0 atom stereocenters. The molecule has 1 aromatic rings. The fourth-order valence-electron chi connectivity index (χ4n) is 0.506. The maximum atomic E-state index is 9.88. The Morgan fingerprint density at radius 2 is 1.67 bits per heavy atom. The zero-order valence-corrected chi connectivity index (χ0v) is 4.29. The summed E-state index contributed by atoms with van der Waals surface area (Å²) in [6, 6.07) is 8.90. The molecule has 0 heterocycles. The molecule has 2 heteroatoms. The molecule has 0 spiro atoms. The molecule has 1 rings (SSSR count). The van der Waals surface area contributed by atoms with Crippen molar-refractivity contribution >= 4 is 32.1 Å². The molecule has 0 N–H and O–H groups in total. The molecule has 0 unspecified atom stereocenters. The molecule has 1 radical (unpaired) electrons. The average Bonchev–Trinajstić information content (AvgIpc) is 1.90. The molecule has 0 fully saturated rings. The van der Waals surface area contributed by atoms with Crippen LogP contribution >= 0.6 is 0 Å². The number of benzene rings is 1. The molecule has 9 heavy (non-hydrogen) atoms. The van der Waals surface area contributed by atoms with Gasteiger partial charge in [0, 0.05) is 5.56 Å². The standard InChI is InChI=1S/C7H5O.In.3H/c8-6-7-4-2-1-3-5-7;;;;/h1-5H;;;;. The summed E-state index contributed by atoms with van der Waals surface area (Å²) in [6.45, 7) is 0. The van der Waals surface area contributed by atoms with Crippen LogP contribution in [0.4, 0.5) is 0 Å². The van der Waals surface area contributed by atoms with Crippen molar-refractivity contribution in [3.05, 3.63) is 35.9 Å². The molecule has 0 bridgehead atoms. The molecule has 0 aromatic heterocycles. The van der Waals surface area contributed by atoms with Crippen LogP contribution in [-0.4, -0.2) is 32.1 Å². The summed E-state index contributed by atoms with van der Waals surface area (Å²) in [5.41, 5.74) is 0.604. The van der Waals surface area contributed by atoms with Gasteiger partial charge in [0.1, 0.15) is 0 Å². The fourth-order valence-corrected chi connectivity index (χ4v) is 0.506. The minimum atomic E-state index is 0. The van der Waals surface area contributed by atoms with E-state index in [9.17, 15) is 4.79 Å². The maximum absolute atomic E-state index is 9.88. The third kappa shape index (κ3) is 2.70. The second-order valence-corrected chi connectivity index (χ2v) is 1.47. The van der Waals surface area contributed by atoms with Crippen LogP contribution in [-0.2, 0) is 4.79 Å². The third-order valence-corrected chi connectivity index (χ3v) is 0.892. The van der Waals surface area contributed by atoms with Gasteiger partial charge in [0.15, 0.2) is 0 Å². The first-order valence-corrected chi connectivity index (χ1v) is 2.36. The van der Waals surface area contributed by atoms with Crippen LogP contribution < -0.4 is 0 Å². The zero-order chi connectivity index (χ0) is 5.82. The molecule has 0 aliphatic heterocycles. The first kappa shape index (κ1) is 8.76. The fraction of sp³-hybridized carbons (Fsp3) is 0. The Bertz CT molecular complexity index is 172. The predicted octanol–water partition coefficient (Wildman–Crippen LogP) is -0.0395. The Kier molecular flexibility index (Phi) is 4.50. The summed E-state index contributed by atoms with van der Waals surface area (Å²) in [5.74, 6) is 0. The van der Waals surface area contributed by atoms with Crippen LogP contribution in [0.5, 0.6) is 0 Å². The van der Waals surface area contributed by atoms with E-state index in [1.54, 1.807) is 30.6 Å². The SMILES string of the molecule is O=[C]c1ccccc1.[InH3]. The van der Waals surface area contributed by atoms with Crippen molar-refractivity contribution in [1.29, 1.82) is 0 Å². The molecular formula is C7H8InO. The van der Waals surface area contributed by atoms with E-state index in [0.29, 0.717) is 5.56 Å². The Morgan fingerprint density at radius 3 is 2.00 bits per heavy atom. The molecule has 0 aliphatic carbocycles. The molecule has 0 saturated carbocycles.